The third-order valence-electron chi connectivity index (χ3n) is 3.85. The van der Waals surface area contributed by atoms with Crippen molar-refractivity contribution in [2.24, 2.45) is 9.50 Å². The van der Waals surface area contributed by atoms with Crippen molar-refractivity contribution in [2.45, 2.75) is 69.7 Å². The first-order valence-corrected chi connectivity index (χ1v) is 11.2. The molecule has 2 heterocycles. The Hall–Kier alpha value is -1.82. The monoisotopic (exact) mass is 426 g/mol. The third kappa shape index (κ3) is 5.16. The van der Waals surface area contributed by atoms with Crippen LogP contribution >= 0.6 is 11.3 Å². The summed E-state index contributed by atoms with van der Waals surface area (Å²) >= 11 is 0.868. The van der Waals surface area contributed by atoms with E-state index >= 15 is 0 Å². The summed E-state index contributed by atoms with van der Waals surface area (Å²) in [6.45, 7) is 10.9. The first kappa shape index (κ1) is 22.5. The Morgan fingerprint density at radius 2 is 1.75 bits per heavy atom. The number of carbonyl (C=O) groups is 1. The van der Waals surface area contributed by atoms with Gasteiger partial charge in [-0.05, 0) is 25.7 Å². The Morgan fingerprint density at radius 1 is 1.21 bits per heavy atom. The number of aliphatic hydroxyl groups is 1. The number of rotatable bonds is 6. The van der Waals surface area contributed by atoms with Crippen molar-refractivity contribution < 1.29 is 14.1 Å². The van der Waals surface area contributed by atoms with E-state index in [1.165, 1.54) is 20.2 Å². The highest BCUT2D eigenvalue weighted by atomic mass is 32.2. The lowest BCUT2D eigenvalue weighted by molar-refractivity contribution is -0.117. The quantitative estimate of drug-likeness (QED) is 0.720. The van der Waals surface area contributed by atoms with Crippen LogP contribution in [0.25, 0.3) is 0 Å². The highest BCUT2D eigenvalue weighted by molar-refractivity contribution is 7.93. The van der Waals surface area contributed by atoms with Crippen molar-refractivity contribution >= 4 is 27.2 Å². The van der Waals surface area contributed by atoms with Crippen LogP contribution < -0.4 is 5.14 Å². The zero-order valence-corrected chi connectivity index (χ0v) is 18.5. The number of hydrogen-bond donors (Lipinski definition) is 2. The third-order valence-corrected chi connectivity index (χ3v) is 6.91. The van der Waals surface area contributed by atoms with E-state index in [-0.39, 0.29) is 27.6 Å². The van der Waals surface area contributed by atoms with Gasteiger partial charge in [-0.1, -0.05) is 39.0 Å². The normalized spacial score (nSPS) is 14.4. The smallest absolute Gasteiger partial charge is 0.259 e. The fraction of sp³-hybridized carbons (Fsp3) is 0.588. The van der Waals surface area contributed by atoms with Crippen molar-refractivity contribution in [3.05, 3.63) is 28.3 Å². The van der Waals surface area contributed by atoms with Gasteiger partial charge in [-0.25, -0.2) is 19.3 Å². The molecule has 0 aliphatic carbocycles. The molecular weight excluding hydrogens is 400 g/mol. The largest absolute Gasteiger partial charge is 0.383 e. The molecule has 0 aliphatic rings. The number of carbonyl (C=O) groups excluding carboxylic acids is 1. The van der Waals surface area contributed by atoms with Crippen LogP contribution in [0.4, 0.5) is 0 Å². The molecular formula is C17H26N6O3S2. The standard InChI is InChI=1S/C17H26N6O3S2/c1-9(2)13-11(14(10(3)4)20-8-19-13)7-12(24)23-28(18,26)16-22-21-15(27-16)17(5,6)25/h8-10,25H,7H2,1-6H3,(H2,18,23,24,26). The van der Waals surface area contributed by atoms with E-state index in [2.05, 4.69) is 24.5 Å². The van der Waals surface area contributed by atoms with Gasteiger partial charge in [-0.2, -0.15) is 0 Å². The Balaban J connectivity index is 2.40. The Kier molecular flexibility index (Phi) is 6.64. The molecule has 154 valence electrons. The SMILES string of the molecule is CC(C)c1ncnc(C(C)C)c1CC(=O)N=S(N)(=O)c1nnc(C(C)(C)O)s1. The van der Waals surface area contributed by atoms with Gasteiger partial charge in [0, 0.05) is 5.56 Å². The molecule has 3 N–H and O–H groups in total. The van der Waals surface area contributed by atoms with E-state index in [9.17, 15) is 14.1 Å². The molecule has 2 aromatic rings. The molecule has 0 radical (unpaired) electrons. The molecule has 1 amide bonds. The molecule has 0 bridgehead atoms. The van der Waals surface area contributed by atoms with Gasteiger partial charge in [0.05, 0.1) is 17.8 Å². The molecule has 0 saturated carbocycles. The number of nitrogens with zero attached hydrogens (tertiary/aromatic N) is 5. The first-order chi connectivity index (χ1) is 12.8. The van der Waals surface area contributed by atoms with Crippen LogP contribution in [0.1, 0.15) is 75.3 Å². The molecule has 2 aromatic heterocycles. The Labute approximate surface area is 169 Å². The summed E-state index contributed by atoms with van der Waals surface area (Å²) < 4.78 is 16.4. The molecule has 2 rings (SSSR count). The molecule has 1 unspecified atom stereocenters. The molecule has 0 spiro atoms. The van der Waals surface area contributed by atoms with Gasteiger partial charge in [0.15, 0.2) is 9.92 Å². The van der Waals surface area contributed by atoms with E-state index < -0.39 is 21.4 Å². The molecule has 1 atom stereocenters. The van der Waals surface area contributed by atoms with Gasteiger partial charge < -0.3 is 5.11 Å². The van der Waals surface area contributed by atoms with E-state index in [0.29, 0.717) is 5.56 Å². The fourth-order valence-electron chi connectivity index (χ4n) is 2.57. The molecule has 0 saturated heterocycles. The minimum Gasteiger partial charge on any atom is -0.383 e. The topological polar surface area (TPSA) is 144 Å². The van der Waals surface area contributed by atoms with Gasteiger partial charge in [0.25, 0.3) is 5.91 Å². The average Bonchev–Trinajstić information content (AvgIpc) is 3.05. The number of amides is 1. The highest BCUT2D eigenvalue weighted by Gasteiger charge is 2.25. The summed E-state index contributed by atoms with van der Waals surface area (Å²) in [7, 11) is -3.57. The summed E-state index contributed by atoms with van der Waals surface area (Å²) in [5.41, 5.74) is 0.942. The van der Waals surface area contributed by atoms with E-state index in [1.54, 1.807) is 0 Å². The minimum atomic E-state index is -3.57. The molecule has 28 heavy (non-hydrogen) atoms. The lowest BCUT2D eigenvalue weighted by atomic mass is 9.95. The maximum absolute atomic E-state index is 12.8. The summed E-state index contributed by atoms with van der Waals surface area (Å²) in [5.74, 6) is -0.475. The lowest BCUT2D eigenvalue weighted by Crippen LogP contribution is -2.17. The van der Waals surface area contributed by atoms with Crippen LogP contribution in [0.2, 0.25) is 0 Å². The maximum atomic E-state index is 12.8. The predicted octanol–water partition coefficient (Wildman–Crippen LogP) is 2.27. The van der Waals surface area contributed by atoms with Crippen molar-refractivity contribution in [3.8, 4) is 0 Å². The zero-order valence-electron chi connectivity index (χ0n) is 16.8. The number of aromatic nitrogens is 4. The van der Waals surface area contributed by atoms with Crippen molar-refractivity contribution in [3.63, 3.8) is 0 Å². The van der Waals surface area contributed by atoms with E-state index in [4.69, 9.17) is 5.14 Å². The van der Waals surface area contributed by atoms with Crippen molar-refractivity contribution in [1.82, 2.24) is 20.2 Å². The Morgan fingerprint density at radius 3 is 2.18 bits per heavy atom. The first-order valence-electron chi connectivity index (χ1n) is 8.80. The minimum absolute atomic E-state index is 0.0861. The zero-order chi connectivity index (χ0) is 21.3. The van der Waals surface area contributed by atoms with Crippen LogP contribution in [-0.4, -0.2) is 35.4 Å². The predicted molar refractivity (Wildman–Crippen MR) is 107 cm³/mol. The van der Waals surface area contributed by atoms with Crippen LogP contribution in [0, 0.1) is 0 Å². The average molecular weight is 427 g/mol. The second-order valence-corrected chi connectivity index (χ2v) is 10.5. The highest BCUT2D eigenvalue weighted by Crippen LogP contribution is 2.27. The van der Waals surface area contributed by atoms with E-state index in [0.717, 1.165) is 22.7 Å². The van der Waals surface area contributed by atoms with Crippen LogP contribution in [0.15, 0.2) is 15.0 Å². The molecule has 0 aliphatic heterocycles. The van der Waals surface area contributed by atoms with Crippen LogP contribution in [-0.2, 0) is 26.7 Å². The van der Waals surface area contributed by atoms with Gasteiger partial charge in [0.2, 0.25) is 4.34 Å². The van der Waals surface area contributed by atoms with E-state index in [1.807, 2.05) is 27.7 Å². The van der Waals surface area contributed by atoms with Crippen molar-refractivity contribution in [2.75, 3.05) is 0 Å². The Bertz CT molecular complexity index is 959. The fourth-order valence-corrected chi connectivity index (χ4v) is 4.57. The molecule has 0 aromatic carbocycles. The second-order valence-electron chi connectivity index (χ2n) is 7.59. The summed E-state index contributed by atoms with van der Waals surface area (Å²) in [6, 6.07) is 0. The van der Waals surface area contributed by atoms with Gasteiger partial charge in [-0.15, -0.1) is 14.6 Å². The second kappa shape index (κ2) is 8.27. The van der Waals surface area contributed by atoms with Crippen LogP contribution in [0.3, 0.4) is 0 Å². The molecule has 9 nitrogen and oxygen atoms in total. The van der Waals surface area contributed by atoms with Gasteiger partial charge in [-0.3, -0.25) is 4.79 Å². The summed E-state index contributed by atoms with van der Waals surface area (Å²) in [6.07, 6.45) is 1.38. The lowest BCUT2D eigenvalue weighted by Gasteiger charge is -2.16. The maximum Gasteiger partial charge on any atom is 0.259 e. The number of nitrogens with two attached hydrogens (primary N) is 1. The molecule has 0 fully saturated rings. The molecule has 11 heteroatoms. The van der Waals surface area contributed by atoms with Crippen molar-refractivity contribution in [1.29, 1.82) is 0 Å². The van der Waals surface area contributed by atoms with Crippen LogP contribution in [0.5, 0.6) is 0 Å². The number of hydrogen-bond acceptors (Lipinski definition) is 8. The van der Waals surface area contributed by atoms with Gasteiger partial charge >= 0.3 is 0 Å². The summed E-state index contributed by atoms with van der Waals surface area (Å²) in [5, 5.41) is 23.5. The summed E-state index contributed by atoms with van der Waals surface area (Å²) in [4.78, 5) is 21.2. The van der Waals surface area contributed by atoms with Gasteiger partial charge in [0.1, 0.15) is 16.9 Å².